The van der Waals surface area contributed by atoms with Crippen molar-refractivity contribution in [2.45, 2.75) is 57.7 Å². The van der Waals surface area contributed by atoms with E-state index >= 15 is 0 Å². The average molecular weight is 430 g/mol. The van der Waals surface area contributed by atoms with Crippen LogP contribution in [0.2, 0.25) is 0 Å². The number of carbonyl (C=O) groups is 3. The molecule has 0 aromatic heterocycles. The lowest BCUT2D eigenvalue weighted by Crippen LogP contribution is -2.56. The fourth-order valence-corrected chi connectivity index (χ4v) is 4.21. The normalized spacial score (nSPS) is 19.4. The van der Waals surface area contributed by atoms with Gasteiger partial charge in [-0.15, -0.1) is 0 Å². The second kappa shape index (κ2) is 11.8. The van der Waals surface area contributed by atoms with E-state index in [9.17, 15) is 14.4 Å². The Morgan fingerprint density at radius 2 is 1.68 bits per heavy atom. The van der Waals surface area contributed by atoms with Gasteiger partial charge in [0.2, 0.25) is 11.8 Å². The number of nitrogens with one attached hydrogen (secondary N) is 3. The number of nitrogens with zero attached hydrogens (tertiary/aromatic N) is 2. The molecule has 2 aliphatic rings. The second-order valence-corrected chi connectivity index (χ2v) is 8.55. The van der Waals surface area contributed by atoms with Crippen LogP contribution in [0.1, 0.15) is 44.6 Å². The van der Waals surface area contributed by atoms with Crippen molar-refractivity contribution in [2.24, 2.45) is 0 Å². The number of amides is 4. The molecule has 1 aromatic rings. The quantitative estimate of drug-likeness (QED) is 0.610. The Morgan fingerprint density at radius 3 is 2.35 bits per heavy atom. The number of carbonyl (C=O) groups excluding carboxylic acids is 3. The van der Waals surface area contributed by atoms with Crippen molar-refractivity contribution in [3.8, 4) is 0 Å². The summed E-state index contributed by atoms with van der Waals surface area (Å²) in [7, 11) is 0. The molecule has 4 amide bonds. The van der Waals surface area contributed by atoms with Gasteiger partial charge in [-0.25, -0.2) is 4.79 Å². The summed E-state index contributed by atoms with van der Waals surface area (Å²) in [6, 6.07) is 9.24. The van der Waals surface area contributed by atoms with Crippen LogP contribution in [0.25, 0.3) is 0 Å². The lowest BCUT2D eigenvalue weighted by Gasteiger charge is -2.37. The van der Waals surface area contributed by atoms with Gasteiger partial charge in [-0.05, 0) is 25.3 Å². The molecule has 0 bridgehead atoms. The number of imide groups is 1. The molecule has 1 saturated heterocycles. The van der Waals surface area contributed by atoms with Gasteiger partial charge in [-0.1, -0.05) is 49.6 Å². The predicted molar refractivity (Wildman–Crippen MR) is 119 cm³/mol. The molecule has 1 aliphatic carbocycles. The van der Waals surface area contributed by atoms with Gasteiger partial charge in [-0.3, -0.25) is 24.7 Å². The van der Waals surface area contributed by atoms with E-state index in [1.807, 2.05) is 37.3 Å². The second-order valence-electron chi connectivity index (χ2n) is 8.55. The van der Waals surface area contributed by atoms with E-state index in [2.05, 4.69) is 25.8 Å². The van der Waals surface area contributed by atoms with Crippen molar-refractivity contribution >= 4 is 17.8 Å². The van der Waals surface area contributed by atoms with Gasteiger partial charge in [0.25, 0.3) is 0 Å². The van der Waals surface area contributed by atoms with Gasteiger partial charge in [-0.2, -0.15) is 0 Å². The van der Waals surface area contributed by atoms with Gasteiger partial charge in [0.05, 0.1) is 12.6 Å². The number of benzene rings is 1. The molecule has 31 heavy (non-hydrogen) atoms. The molecule has 8 nitrogen and oxygen atoms in total. The Labute approximate surface area is 184 Å². The molecule has 8 heteroatoms. The third-order valence-corrected chi connectivity index (χ3v) is 6.21. The highest BCUT2D eigenvalue weighted by molar-refractivity contribution is 5.96. The zero-order valence-electron chi connectivity index (χ0n) is 18.4. The average Bonchev–Trinajstić information content (AvgIpc) is 2.79. The Hall–Kier alpha value is -2.45. The summed E-state index contributed by atoms with van der Waals surface area (Å²) in [6.45, 7) is 5.50. The molecule has 3 N–H and O–H groups in total. The number of rotatable bonds is 7. The van der Waals surface area contributed by atoms with Crippen LogP contribution < -0.4 is 16.0 Å². The van der Waals surface area contributed by atoms with Crippen LogP contribution >= 0.6 is 0 Å². The van der Waals surface area contributed by atoms with Gasteiger partial charge < -0.3 is 10.6 Å². The topological polar surface area (TPSA) is 93.8 Å². The van der Waals surface area contributed by atoms with Crippen LogP contribution in [0.15, 0.2) is 30.3 Å². The maximum atomic E-state index is 12.5. The third kappa shape index (κ3) is 7.63. The maximum absolute atomic E-state index is 12.5. The van der Waals surface area contributed by atoms with E-state index in [0.717, 1.165) is 31.2 Å². The summed E-state index contributed by atoms with van der Waals surface area (Å²) < 4.78 is 0. The maximum Gasteiger partial charge on any atom is 0.321 e. The Bertz CT molecular complexity index is 728. The van der Waals surface area contributed by atoms with Crippen LogP contribution in [-0.4, -0.2) is 72.5 Å². The van der Waals surface area contributed by atoms with Crippen molar-refractivity contribution in [1.82, 2.24) is 25.8 Å². The molecule has 1 atom stereocenters. The highest BCUT2D eigenvalue weighted by Crippen LogP contribution is 2.17. The molecular formula is C23H35N5O3. The summed E-state index contributed by atoms with van der Waals surface area (Å²) in [5.41, 5.74) is 1.08. The first-order chi connectivity index (χ1) is 15.0. The standard InChI is InChI=1S/C23H35N5O3/c1-18(22(30)26-23(31)25-20-10-6-3-7-11-20)28-14-12-27(13-15-28)17-21(29)24-16-19-8-4-2-5-9-19/h2,4-5,8-9,18,20H,3,6-7,10-17H2,1H3,(H,24,29)(H2,25,26,30,31). The monoisotopic (exact) mass is 429 g/mol. The van der Waals surface area contributed by atoms with E-state index < -0.39 is 6.03 Å². The molecule has 0 radical (unpaired) electrons. The Balaban J connectivity index is 1.33. The van der Waals surface area contributed by atoms with Gasteiger partial charge in [0.1, 0.15) is 0 Å². The van der Waals surface area contributed by atoms with Gasteiger partial charge in [0, 0.05) is 38.8 Å². The predicted octanol–water partition coefficient (Wildman–Crippen LogP) is 1.47. The van der Waals surface area contributed by atoms with Crippen molar-refractivity contribution in [3.63, 3.8) is 0 Å². The van der Waals surface area contributed by atoms with E-state index in [4.69, 9.17) is 0 Å². The number of urea groups is 1. The summed E-state index contributed by atoms with van der Waals surface area (Å²) >= 11 is 0. The largest absolute Gasteiger partial charge is 0.351 e. The number of piperazine rings is 1. The lowest BCUT2D eigenvalue weighted by molar-refractivity contribution is -0.127. The van der Waals surface area contributed by atoms with Crippen molar-refractivity contribution < 1.29 is 14.4 Å². The minimum atomic E-state index is -0.391. The number of hydrogen-bond acceptors (Lipinski definition) is 5. The van der Waals surface area contributed by atoms with E-state index in [0.29, 0.717) is 39.3 Å². The fourth-order valence-electron chi connectivity index (χ4n) is 4.21. The highest BCUT2D eigenvalue weighted by atomic mass is 16.2. The molecule has 1 unspecified atom stereocenters. The molecular weight excluding hydrogens is 394 g/mol. The van der Waals surface area contributed by atoms with Gasteiger partial charge in [0.15, 0.2) is 0 Å². The molecule has 1 saturated carbocycles. The summed E-state index contributed by atoms with van der Waals surface area (Å²) in [4.78, 5) is 41.0. The minimum absolute atomic E-state index is 0.00229. The van der Waals surface area contributed by atoms with Crippen LogP contribution in [0, 0.1) is 0 Å². The first-order valence-corrected chi connectivity index (χ1v) is 11.4. The molecule has 2 fully saturated rings. The van der Waals surface area contributed by atoms with Crippen molar-refractivity contribution in [2.75, 3.05) is 32.7 Å². The summed E-state index contributed by atoms with van der Waals surface area (Å²) in [5, 5.41) is 8.36. The van der Waals surface area contributed by atoms with Crippen LogP contribution in [0.4, 0.5) is 4.79 Å². The van der Waals surface area contributed by atoms with E-state index in [-0.39, 0.29) is 23.9 Å². The zero-order chi connectivity index (χ0) is 22.1. The Morgan fingerprint density at radius 1 is 1.00 bits per heavy atom. The first-order valence-electron chi connectivity index (χ1n) is 11.4. The van der Waals surface area contributed by atoms with Crippen LogP contribution in [-0.2, 0) is 16.1 Å². The first kappa shape index (κ1) is 23.2. The molecule has 1 aliphatic heterocycles. The van der Waals surface area contributed by atoms with Crippen LogP contribution in [0.5, 0.6) is 0 Å². The molecule has 3 rings (SSSR count). The minimum Gasteiger partial charge on any atom is -0.351 e. The SMILES string of the molecule is CC(C(=O)NC(=O)NC1CCCCC1)N1CCN(CC(=O)NCc2ccccc2)CC1. The summed E-state index contributed by atoms with van der Waals surface area (Å²) in [6.07, 6.45) is 5.44. The lowest BCUT2D eigenvalue weighted by atomic mass is 9.96. The van der Waals surface area contributed by atoms with Gasteiger partial charge >= 0.3 is 6.03 Å². The van der Waals surface area contributed by atoms with Crippen molar-refractivity contribution in [1.29, 1.82) is 0 Å². The highest BCUT2D eigenvalue weighted by Gasteiger charge is 2.27. The molecule has 1 heterocycles. The Kier molecular flexibility index (Phi) is 8.85. The van der Waals surface area contributed by atoms with Crippen LogP contribution in [0.3, 0.4) is 0 Å². The fraction of sp³-hybridized carbons (Fsp3) is 0.609. The molecule has 170 valence electrons. The summed E-state index contributed by atoms with van der Waals surface area (Å²) in [5.74, 6) is -0.273. The third-order valence-electron chi connectivity index (χ3n) is 6.21. The van der Waals surface area contributed by atoms with Crippen molar-refractivity contribution in [3.05, 3.63) is 35.9 Å². The van der Waals surface area contributed by atoms with E-state index in [1.54, 1.807) is 0 Å². The smallest absolute Gasteiger partial charge is 0.321 e. The molecule has 0 spiro atoms. The number of hydrogen-bond donors (Lipinski definition) is 3. The molecule has 1 aromatic carbocycles. The van der Waals surface area contributed by atoms with E-state index in [1.165, 1.54) is 6.42 Å². The zero-order valence-corrected chi connectivity index (χ0v) is 18.4.